The second-order valence-corrected chi connectivity index (χ2v) is 5.16. The molecule has 0 aliphatic rings. The fourth-order valence-corrected chi connectivity index (χ4v) is 2.27. The summed E-state index contributed by atoms with van der Waals surface area (Å²) in [6, 6.07) is 12.4. The first-order chi connectivity index (χ1) is 9.61. The maximum Gasteiger partial charge on any atom is 0.128 e. The van der Waals surface area contributed by atoms with Gasteiger partial charge in [-0.05, 0) is 30.5 Å². The summed E-state index contributed by atoms with van der Waals surface area (Å²) in [6.07, 6.45) is 2.08. The summed E-state index contributed by atoms with van der Waals surface area (Å²) in [5.41, 5.74) is 3.26. The van der Waals surface area contributed by atoms with E-state index in [4.69, 9.17) is 0 Å². The van der Waals surface area contributed by atoms with Gasteiger partial charge in [-0.2, -0.15) is 0 Å². The molecule has 0 fully saturated rings. The molecule has 20 heavy (non-hydrogen) atoms. The average molecular weight is 270 g/mol. The van der Waals surface area contributed by atoms with Gasteiger partial charge >= 0.3 is 0 Å². The molecule has 1 aromatic heterocycles. The maximum absolute atomic E-state index is 9.92. The summed E-state index contributed by atoms with van der Waals surface area (Å²) >= 11 is 0. The summed E-state index contributed by atoms with van der Waals surface area (Å²) in [6.45, 7) is 4.82. The molecular formula is C17H22N2O. The molecule has 0 aliphatic heterocycles. The Morgan fingerprint density at radius 1 is 1.25 bits per heavy atom. The van der Waals surface area contributed by atoms with Crippen molar-refractivity contribution in [3.8, 4) is 0 Å². The van der Waals surface area contributed by atoms with E-state index in [2.05, 4.69) is 22.0 Å². The summed E-state index contributed by atoms with van der Waals surface area (Å²) in [7, 11) is 2.03. The van der Waals surface area contributed by atoms with E-state index in [9.17, 15) is 5.11 Å². The molecule has 1 unspecified atom stereocenters. The molecule has 1 aromatic carbocycles. The largest absolute Gasteiger partial charge is 0.388 e. The number of hydrogen-bond donors (Lipinski definition) is 1. The summed E-state index contributed by atoms with van der Waals surface area (Å²) in [5, 5.41) is 9.92. The molecule has 0 amide bonds. The number of aliphatic hydroxyl groups is 1. The van der Waals surface area contributed by atoms with Gasteiger partial charge in [0.05, 0.1) is 6.10 Å². The molecule has 0 radical (unpaired) electrons. The van der Waals surface area contributed by atoms with Gasteiger partial charge < -0.3 is 10.0 Å². The highest BCUT2D eigenvalue weighted by Gasteiger charge is 2.11. The Labute approximate surface area is 120 Å². The van der Waals surface area contributed by atoms with E-state index in [1.54, 1.807) is 6.20 Å². The van der Waals surface area contributed by atoms with Crippen molar-refractivity contribution in [1.82, 2.24) is 4.98 Å². The van der Waals surface area contributed by atoms with Gasteiger partial charge in [-0.3, -0.25) is 0 Å². The Balaban J connectivity index is 2.15. The molecule has 106 valence electrons. The second-order valence-electron chi connectivity index (χ2n) is 5.16. The third-order valence-electron chi connectivity index (χ3n) is 3.54. The van der Waals surface area contributed by atoms with Crippen LogP contribution in [-0.4, -0.2) is 17.1 Å². The van der Waals surface area contributed by atoms with E-state index in [1.165, 1.54) is 5.56 Å². The molecule has 0 saturated heterocycles. The first-order valence-electron chi connectivity index (χ1n) is 7.01. The normalized spacial score (nSPS) is 12.2. The lowest BCUT2D eigenvalue weighted by Gasteiger charge is -2.20. The van der Waals surface area contributed by atoms with Crippen LogP contribution >= 0.6 is 0 Å². The summed E-state index contributed by atoms with van der Waals surface area (Å²) in [5.74, 6) is 0.929. The van der Waals surface area contributed by atoms with Gasteiger partial charge in [-0.15, -0.1) is 0 Å². The fraction of sp³-hybridized carbons (Fsp3) is 0.353. The van der Waals surface area contributed by atoms with Crippen molar-refractivity contribution in [3.05, 3.63) is 59.3 Å². The number of nitrogens with zero attached hydrogens (tertiary/aromatic N) is 2. The Hall–Kier alpha value is -1.87. The minimum absolute atomic E-state index is 0.420. The minimum Gasteiger partial charge on any atom is -0.388 e. The van der Waals surface area contributed by atoms with E-state index >= 15 is 0 Å². The third-order valence-corrected chi connectivity index (χ3v) is 3.54. The average Bonchev–Trinajstić information content (AvgIpc) is 2.47. The first kappa shape index (κ1) is 14.5. The van der Waals surface area contributed by atoms with Gasteiger partial charge in [-0.1, -0.05) is 37.3 Å². The molecule has 1 heterocycles. The lowest BCUT2D eigenvalue weighted by Crippen LogP contribution is -2.18. The smallest absolute Gasteiger partial charge is 0.128 e. The van der Waals surface area contributed by atoms with Crippen LogP contribution in [0.25, 0.3) is 0 Å². The van der Waals surface area contributed by atoms with Crippen LogP contribution in [0.1, 0.15) is 36.1 Å². The zero-order valence-corrected chi connectivity index (χ0v) is 12.4. The summed E-state index contributed by atoms with van der Waals surface area (Å²) in [4.78, 5) is 6.59. The number of aliphatic hydroxyl groups excluding tert-OH is 1. The van der Waals surface area contributed by atoms with Gasteiger partial charge in [0, 0.05) is 25.4 Å². The maximum atomic E-state index is 9.92. The quantitative estimate of drug-likeness (QED) is 0.903. The van der Waals surface area contributed by atoms with Crippen molar-refractivity contribution in [2.45, 2.75) is 32.9 Å². The Kier molecular flexibility index (Phi) is 4.74. The Bertz CT molecular complexity index is 554. The van der Waals surface area contributed by atoms with Crippen LogP contribution in [-0.2, 0) is 6.54 Å². The molecule has 2 aromatic rings. The number of anilines is 1. The highest BCUT2D eigenvalue weighted by molar-refractivity contribution is 5.44. The van der Waals surface area contributed by atoms with Crippen LogP contribution in [0.5, 0.6) is 0 Å². The van der Waals surface area contributed by atoms with E-state index in [0.29, 0.717) is 6.42 Å². The molecule has 1 N–H and O–H groups in total. The molecule has 3 nitrogen and oxygen atoms in total. The predicted molar refractivity (Wildman–Crippen MR) is 82.8 cm³/mol. The molecule has 0 saturated carbocycles. The number of aryl methyl sites for hydroxylation is 1. The zero-order valence-electron chi connectivity index (χ0n) is 12.4. The number of hydrogen-bond acceptors (Lipinski definition) is 3. The van der Waals surface area contributed by atoms with Gasteiger partial charge in [0.25, 0.3) is 0 Å². The number of pyridine rings is 1. The van der Waals surface area contributed by atoms with E-state index in [1.807, 2.05) is 45.2 Å². The molecular weight excluding hydrogens is 248 g/mol. The lowest BCUT2D eigenvalue weighted by molar-refractivity contribution is 0.172. The van der Waals surface area contributed by atoms with Crippen LogP contribution in [0.15, 0.2) is 42.6 Å². The molecule has 0 aliphatic carbocycles. The molecule has 0 bridgehead atoms. The van der Waals surface area contributed by atoms with Crippen molar-refractivity contribution in [3.63, 3.8) is 0 Å². The van der Waals surface area contributed by atoms with Gasteiger partial charge in [0.1, 0.15) is 5.82 Å². The SMILES string of the molecule is CCC(O)c1cnc(N(C)Cc2ccccc2)cc1C. The fourth-order valence-electron chi connectivity index (χ4n) is 2.27. The Morgan fingerprint density at radius 3 is 2.55 bits per heavy atom. The van der Waals surface area contributed by atoms with Crippen LogP contribution in [0.3, 0.4) is 0 Å². The van der Waals surface area contributed by atoms with Crippen molar-refractivity contribution in [1.29, 1.82) is 0 Å². The van der Waals surface area contributed by atoms with Crippen molar-refractivity contribution in [2.24, 2.45) is 0 Å². The van der Waals surface area contributed by atoms with Crippen molar-refractivity contribution < 1.29 is 5.11 Å². The van der Waals surface area contributed by atoms with Gasteiger partial charge in [0.2, 0.25) is 0 Å². The van der Waals surface area contributed by atoms with E-state index in [-0.39, 0.29) is 0 Å². The van der Waals surface area contributed by atoms with Gasteiger partial charge in [0.15, 0.2) is 0 Å². The van der Waals surface area contributed by atoms with Crippen molar-refractivity contribution in [2.75, 3.05) is 11.9 Å². The highest BCUT2D eigenvalue weighted by atomic mass is 16.3. The van der Waals surface area contributed by atoms with Gasteiger partial charge in [-0.25, -0.2) is 4.98 Å². The minimum atomic E-state index is -0.420. The number of aromatic nitrogens is 1. The molecule has 1 atom stereocenters. The van der Waals surface area contributed by atoms with Crippen molar-refractivity contribution >= 4 is 5.82 Å². The van der Waals surface area contributed by atoms with Crippen LogP contribution in [0.4, 0.5) is 5.82 Å². The number of benzene rings is 1. The monoisotopic (exact) mass is 270 g/mol. The van der Waals surface area contributed by atoms with E-state index < -0.39 is 6.10 Å². The van der Waals surface area contributed by atoms with Crippen LogP contribution < -0.4 is 4.90 Å². The van der Waals surface area contributed by atoms with Crippen LogP contribution in [0, 0.1) is 6.92 Å². The predicted octanol–water partition coefficient (Wildman–Crippen LogP) is 3.47. The zero-order chi connectivity index (χ0) is 14.5. The molecule has 3 heteroatoms. The third kappa shape index (κ3) is 3.36. The lowest BCUT2D eigenvalue weighted by atomic mass is 10.0. The standard InChI is InChI=1S/C17H22N2O/c1-4-16(20)15-11-18-17(10-13(15)2)19(3)12-14-8-6-5-7-9-14/h5-11,16,20H,4,12H2,1-3H3. The topological polar surface area (TPSA) is 36.4 Å². The Morgan fingerprint density at radius 2 is 1.95 bits per heavy atom. The number of rotatable bonds is 5. The molecule has 0 spiro atoms. The molecule has 2 rings (SSSR count). The second kappa shape index (κ2) is 6.53. The first-order valence-corrected chi connectivity index (χ1v) is 7.01. The highest BCUT2D eigenvalue weighted by Crippen LogP contribution is 2.23. The van der Waals surface area contributed by atoms with E-state index in [0.717, 1.165) is 23.5 Å². The van der Waals surface area contributed by atoms with Crippen LogP contribution in [0.2, 0.25) is 0 Å². The summed E-state index contributed by atoms with van der Waals surface area (Å²) < 4.78 is 0.